The summed E-state index contributed by atoms with van der Waals surface area (Å²) in [5.74, 6) is -3.31. The zero-order chi connectivity index (χ0) is 33.3. The van der Waals surface area contributed by atoms with Gasteiger partial charge >= 0.3 is 23.5 Å². The van der Waals surface area contributed by atoms with Crippen molar-refractivity contribution in [1.82, 2.24) is 30.1 Å². The molecule has 7 N–H and O–H groups in total. The number of nitrogen functional groups attached to an aromatic ring is 1. The number of carbonyl (C=O) groups excluding carboxylic acids is 2. The normalized spacial score (nSPS) is 18.7. The van der Waals surface area contributed by atoms with Crippen LogP contribution in [0.15, 0.2) is 34.8 Å². The SMILES string of the molecule is CNCCNc1nc2c(ccc[n+]2CC2=C(C(=O)O)N3C(=O)[C@@H](NC(=O)/C(=N\O[C@@H](C)C(=O)O)c4nc(N)sc4Cl)C3SC2)n1C. The van der Waals surface area contributed by atoms with E-state index < -0.39 is 47.0 Å². The zero-order valence-corrected chi connectivity index (χ0v) is 27.1. The van der Waals surface area contributed by atoms with Gasteiger partial charge in [0.2, 0.25) is 6.10 Å². The molecule has 3 aromatic rings. The Morgan fingerprint density at radius 2 is 2.07 bits per heavy atom. The minimum atomic E-state index is -1.41. The number of hydrogen-bond donors (Lipinski definition) is 6. The maximum atomic E-state index is 13.4. The minimum absolute atomic E-state index is 0.00591. The second-order valence-electron chi connectivity index (χ2n) is 10.2. The molecule has 3 aromatic heterocycles. The monoisotopic (exact) mass is 693 g/mol. The first-order valence-corrected chi connectivity index (χ1v) is 16.0. The van der Waals surface area contributed by atoms with Crippen LogP contribution < -0.4 is 26.3 Å². The highest BCUT2D eigenvalue weighted by Crippen LogP contribution is 2.40. The second-order valence-corrected chi connectivity index (χ2v) is 12.9. The van der Waals surface area contributed by atoms with Crippen molar-refractivity contribution in [2.45, 2.75) is 31.0 Å². The Bertz CT molecular complexity index is 1790. The average molecular weight is 694 g/mol. The Kier molecular flexibility index (Phi) is 9.66. The molecule has 1 saturated heterocycles. The number of carbonyl (C=O) groups is 4. The van der Waals surface area contributed by atoms with Crippen LogP contribution in [0.1, 0.15) is 12.6 Å². The molecule has 20 heteroatoms. The van der Waals surface area contributed by atoms with Gasteiger partial charge in [-0.1, -0.05) is 28.1 Å². The van der Waals surface area contributed by atoms with Crippen LogP contribution in [0.5, 0.6) is 0 Å². The van der Waals surface area contributed by atoms with Crippen LogP contribution in [0, 0.1) is 0 Å². The van der Waals surface area contributed by atoms with E-state index in [1.54, 1.807) is 6.20 Å². The Morgan fingerprint density at radius 3 is 2.72 bits per heavy atom. The molecule has 0 bridgehead atoms. The molecule has 0 spiro atoms. The lowest BCUT2D eigenvalue weighted by Crippen LogP contribution is -2.71. The molecule has 5 rings (SSSR count). The summed E-state index contributed by atoms with van der Waals surface area (Å²) in [7, 11) is 3.73. The summed E-state index contributed by atoms with van der Waals surface area (Å²) in [6.45, 7) is 2.75. The third-order valence-corrected chi connectivity index (χ3v) is 9.58. The number of fused-ring (bicyclic) bond motifs is 2. The van der Waals surface area contributed by atoms with E-state index in [0.29, 0.717) is 23.7 Å². The lowest BCUT2D eigenvalue weighted by Gasteiger charge is -2.49. The van der Waals surface area contributed by atoms with E-state index in [4.69, 9.17) is 32.3 Å². The number of nitrogens with one attached hydrogen (secondary N) is 3. The quantitative estimate of drug-likeness (QED) is 0.0449. The summed E-state index contributed by atoms with van der Waals surface area (Å²) >= 11 is 8.32. The van der Waals surface area contributed by atoms with E-state index in [1.807, 2.05) is 35.4 Å². The predicted molar refractivity (Wildman–Crippen MR) is 169 cm³/mol. The van der Waals surface area contributed by atoms with Crippen LogP contribution >= 0.6 is 34.7 Å². The number of carboxylic acids is 2. The lowest BCUT2D eigenvalue weighted by molar-refractivity contribution is -0.664. The maximum absolute atomic E-state index is 13.4. The number of anilines is 2. The molecule has 46 heavy (non-hydrogen) atoms. The summed E-state index contributed by atoms with van der Waals surface area (Å²) in [5, 5.41) is 31.2. The number of aliphatic carboxylic acids is 2. The van der Waals surface area contributed by atoms with Crippen molar-refractivity contribution in [2.75, 3.05) is 36.9 Å². The van der Waals surface area contributed by atoms with Gasteiger partial charge in [-0.2, -0.15) is 0 Å². The smallest absolute Gasteiger partial charge is 0.352 e. The molecule has 0 aliphatic carbocycles. The molecule has 0 saturated carbocycles. The van der Waals surface area contributed by atoms with Crippen LogP contribution in [-0.4, -0.2) is 103 Å². The number of thioether (sulfide) groups is 1. The summed E-state index contributed by atoms with van der Waals surface area (Å²) in [4.78, 5) is 65.2. The topological polar surface area (TPSA) is 230 Å². The van der Waals surface area contributed by atoms with E-state index in [1.165, 1.54) is 18.7 Å². The lowest BCUT2D eigenvalue weighted by atomic mass is 10.0. The first kappa shape index (κ1) is 32.9. The van der Waals surface area contributed by atoms with Crippen molar-refractivity contribution in [2.24, 2.45) is 12.2 Å². The van der Waals surface area contributed by atoms with Crippen LogP contribution in [-0.2, 0) is 37.6 Å². The molecule has 2 aliphatic heterocycles. The average Bonchev–Trinajstić information content (AvgIpc) is 3.52. The van der Waals surface area contributed by atoms with E-state index in [-0.39, 0.29) is 33.2 Å². The second kappa shape index (κ2) is 13.5. The van der Waals surface area contributed by atoms with Crippen molar-refractivity contribution < 1.29 is 38.8 Å². The number of likely N-dealkylation sites (N-methyl/N-ethyl adjacent to an activating group) is 1. The summed E-state index contributed by atoms with van der Waals surface area (Å²) in [6.07, 6.45) is 0.381. The van der Waals surface area contributed by atoms with Gasteiger partial charge in [0.15, 0.2) is 10.8 Å². The molecule has 2 amide bonds. The van der Waals surface area contributed by atoms with E-state index in [2.05, 4.69) is 26.1 Å². The molecular formula is C26H30ClN10O7S2+. The molecule has 2 aliphatic rings. The molecule has 1 fully saturated rings. The van der Waals surface area contributed by atoms with Gasteiger partial charge in [0.1, 0.15) is 39.2 Å². The van der Waals surface area contributed by atoms with Gasteiger partial charge in [-0.15, -0.1) is 11.8 Å². The summed E-state index contributed by atoms with van der Waals surface area (Å²) in [5.41, 5.74) is 6.84. The van der Waals surface area contributed by atoms with Crippen molar-refractivity contribution >= 4 is 86.4 Å². The van der Waals surface area contributed by atoms with Crippen LogP contribution in [0.3, 0.4) is 0 Å². The minimum Gasteiger partial charge on any atom is -0.478 e. The molecule has 244 valence electrons. The molecule has 3 atom stereocenters. The number of rotatable bonds is 13. The Hall–Kier alpha value is -4.46. The number of oxime groups is 1. The number of thiazole rings is 1. The number of aryl methyl sites for hydroxylation is 1. The van der Waals surface area contributed by atoms with Crippen molar-refractivity contribution in [3.63, 3.8) is 0 Å². The molecule has 0 aromatic carbocycles. The third kappa shape index (κ3) is 6.30. The van der Waals surface area contributed by atoms with Gasteiger partial charge < -0.3 is 36.7 Å². The number of nitrogens with two attached hydrogens (primary N) is 1. The highest BCUT2D eigenvalue weighted by molar-refractivity contribution is 8.00. The zero-order valence-electron chi connectivity index (χ0n) is 24.7. The molecule has 17 nitrogen and oxygen atoms in total. The van der Waals surface area contributed by atoms with E-state index >= 15 is 0 Å². The number of carboxylic acid groups (broad SMARTS) is 2. The predicted octanol–water partition coefficient (Wildman–Crippen LogP) is -0.183. The van der Waals surface area contributed by atoms with Crippen molar-refractivity contribution in [3.05, 3.63) is 39.6 Å². The number of aromatic nitrogens is 4. The van der Waals surface area contributed by atoms with Gasteiger partial charge in [0.25, 0.3) is 11.8 Å². The van der Waals surface area contributed by atoms with Crippen LogP contribution in [0.25, 0.3) is 11.2 Å². The van der Waals surface area contributed by atoms with Crippen LogP contribution in [0.2, 0.25) is 4.34 Å². The van der Waals surface area contributed by atoms with Gasteiger partial charge in [-0.3, -0.25) is 19.1 Å². The van der Waals surface area contributed by atoms with E-state index in [9.17, 15) is 24.3 Å². The third-order valence-electron chi connectivity index (χ3n) is 7.16. The number of imidazole rings is 1. The summed E-state index contributed by atoms with van der Waals surface area (Å²) in [6, 6.07) is 2.62. The Morgan fingerprint density at radius 1 is 1.30 bits per heavy atom. The van der Waals surface area contributed by atoms with Gasteiger partial charge in [-0.05, 0) is 31.1 Å². The largest absolute Gasteiger partial charge is 0.478 e. The van der Waals surface area contributed by atoms with Gasteiger partial charge in [-0.25, -0.2) is 19.1 Å². The van der Waals surface area contributed by atoms with Crippen molar-refractivity contribution in [1.29, 1.82) is 0 Å². The number of β-lactam (4-membered cyclic amide) rings is 1. The Labute approximate surface area is 274 Å². The fourth-order valence-corrected chi connectivity index (χ4v) is 7.10. The number of halogens is 1. The van der Waals surface area contributed by atoms with E-state index in [0.717, 1.165) is 28.3 Å². The first-order valence-electron chi connectivity index (χ1n) is 13.8. The molecule has 1 unspecified atom stereocenters. The standard InChI is InChI=1S/C26H29ClN10O7S2/c1-11(23(40)41)44-34-15(14-18(27)46-25(28)32-14)20(38)31-16-21(39)37-17(24(42)43)12(10-45-22(16)37)9-36-8-4-5-13-19(36)33-26(35(13)3)30-7-6-29-2/h4-5,8,11,16,22,29H,6-7,9-10H2,1-3H3,(H5,28,31,32,38,40,41,42,43)/p+1/b34-15-/t11-,16+,22?/m0/s1. The highest BCUT2D eigenvalue weighted by atomic mass is 35.5. The van der Waals surface area contributed by atoms with Crippen LogP contribution in [0.4, 0.5) is 11.1 Å². The Balaban J connectivity index is 1.38. The van der Waals surface area contributed by atoms with Gasteiger partial charge in [0.05, 0.1) is 6.20 Å². The fourth-order valence-electron chi connectivity index (χ4n) is 4.84. The summed E-state index contributed by atoms with van der Waals surface area (Å²) < 4.78 is 3.73. The molecule has 0 radical (unpaired) electrons. The number of amides is 2. The molecular weight excluding hydrogens is 664 g/mol. The first-order chi connectivity index (χ1) is 21.9. The maximum Gasteiger partial charge on any atom is 0.352 e. The molecule has 5 heterocycles. The fraction of sp³-hybridized carbons (Fsp3) is 0.385. The number of hydrogen-bond acceptors (Lipinski definition) is 13. The highest BCUT2D eigenvalue weighted by Gasteiger charge is 2.54. The van der Waals surface area contributed by atoms with Crippen molar-refractivity contribution in [3.8, 4) is 0 Å². The number of nitrogens with zero attached hydrogens (tertiary/aromatic N) is 6. The number of pyridine rings is 1. The van der Waals surface area contributed by atoms with Gasteiger partial charge in [0, 0.05) is 31.5 Å².